The number of hydrogen-bond donors (Lipinski definition) is 2. The van der Waals surface area contributed by atoms with Crippen LogP contribution in [0.4, 0.5) is 4.79 Å². The van der Waals surface area contributed by atoms with E-state index in [1.807, 2.05) is 6.92 Å². The first-order valence-corrected chi connectivity index (χ1v) is 8.40. The van der Waals surface area contributed by atoms with Gasteiger partial charge in [0.1, 0.15) is 0 Å². The van der Waals surface area contributed by atoms with Gasteiger partial charge >= 0.3 is 6.09 Å². The minimum Gasteiger partial charge on any atom is -0.450 e. The van der Waals surface area contributed by atoms with E-state index in [4.69, 9.17) is 9.29 Å². The summed E-state index contributed by atoms with van der Waals surface area (Å²) in [5, 5.41) is 2.79. The fourth-order valence-corrected chi connectivity index (χ4v) is 3.22. The normalized spacial score (nSPS) is 23.9. The molecule has 0 bridgehead atoms. The lowest BCUT2D eigenvalue weighted by molar-refractivity contribution is 0.136. The smallest absolute Gasteiger partial charge is 0.407 e. The summed E-state index contributed by atoms with van der Waals surface area (Å²) in [4.78, 5) is 11.4. The van der Waals surface area contributed by atoms with Gasteiger partial charge in [-0.05, 0) is 38.0 Å². The summed E-state index contributed by atoms with van der Waals surface area (Å²) in [5.41, 5.74) is 0. The molecular formula is C12H23NO5S. The molecule has 112 valence electrons. The summed E-state index contributed by atoms with van der Waals surface area (Å²) in [6.07, 6.45) is 4.28. The zero-order chi connectivity index (χ0) is 14.3. The number of carbonyl (C=O) groups is 1. The molecule has 0 aromatic heterocycles. The van der Waals surface area contributed by atoms with Gasteiger partial charge in [-0.15, -0.1) is 0 Å². The molecule has 2 N–H and O–H groups in total. The first-order valence-electron chi connectivity index (χ1n) is 6.79. The highest BCUT2D eigenvalue weighted by atomic mass is 32.2. The van der Waals surface area contributed by atoms with Crippen LogP contribution in [0, 0.1) is 5.92 Å². The van der Waals surface area contributed by atoms with E-state index in [2.05, 4.69) is 5.32 Å². The molecule has 1 aliphatic carbocycles. The van der Waals surface area contributed by atoms with E-state index in [1.54, 1.807) is 0 Å². The van der Waals surface area contributed by atoms with Crippen molar-refractivity contribution in [2.75, 3.05) is 12.4 Å². The predicted octanol–water partition coefficient (Wildman–Crippen LogP) is 1.96. The Hall–Kier alpha value is -0.820. The van der Waals surface area contributed by atoms with Gasteiger partial charge in [-0.2, -0.15) is 8.42 Å². The van der Waals surface area contributed by atoms with Crippen LogP contribution < -0.4 is 5.32 Å². The van der Waals surface area contributed by atoms with Crippen molar-refractivity contribution in [2.24, 2.45) is 5.92 Å². The van der Waals surface area contributed by atoms with Crippen molar-refractivity contribution in [3.63, 3.8) is 0 Å². The second kappa shape index (κ2) is 7.69. The molecule has 0 unspecified atom stereocenters. The topological polar surface area (TPSA) is 92.7 Å². The van der Waals surface area contributed by atoms with Crippen LogP contribution in [0.15, 0.2) is 0 Å². The zero-order valence-corrected chi connectivity index (χ0v) is 12.1. The molecule has 0 heterocycles. The number of amides is 1. The van der Waals surface area contributed by atoms with E-state index >= 15 is 0 Å². The van der Waals surface area contributed by atoms with Crippen LogP contribution >= 0.6 is 0 Å². The highest BCUT2D eigenvalue weighted by molar-refractivity contribution is 7.85. The Bertz CT molecular complexity index is 374. The molecule has 0 atom stereocenters. The van der Waals surface area contributed by atoms with E-state index < -0.39 is 16.2 Å². The van der Waals surface area contributed by atoms with Crippen LogP contribution in [0.2, 0.25) is 0 Å². The molecule has 0 aromatic rings. The van der Waals surface area contributed by atoms with Gasteiger partial charge in [0.25, 0.3) is 10.1 Å². The molecule has 1 amide bonds. The van der Waals surface area contributed by atoms with Crippen molar-refractivity contribution in [1.82, 2.24) is 5.32 Å². The summed E-state index contributed by atoms with van der Waals surface area (Å²) < 4.78 is 35.3. The Morgan fingerprint density at radius 2 is 1.95 bits per heavy atom. The number of unbranched alkanes of at least 4 members (excludes halogenated alkanes) is 1. The second-order valence-corrected chi connectivity index (χ2v) is 6.60. The van der Waals surface area contributed by atoms with Gasteiger partial charge in [-0.1, -0.05) is 13.3 Å². The Morgan fingerprint density at radius 1 is 1.32 bits per heavy atom. The Labute approximate surface area is 114 Å². The van der Waals surface area contributed by atoms with E-state index in [-0.39, 0.29) is 17.7 Å². The highest BCUT2D eigenvalue weighted by Gasteiger charge is 2.25. The SMILES string of the molecule is CCCCOC(=O)NC1CCC(CS(=O)(=O)O)CC1. The number of nitrogens with one attached hydrogen (secondary N) is 1. The molecule has 1 saturated carbocycles. The van der Waals surface area contributed by atoms with E-state index in [9.17, 15) is 13.2 Å². The van der Waals surface area contributed by atoms with Gasteiger partial charge in [0.05, 0.1) is 12.4 Å². The van der Waals surface area contributed by atoms with Gasteiger partial charge in [-0.25, -0.2) is 4.79 Å². The number of alkyl carbamates (subject to hydrolysis) is 1. The third-order valence-electron chi connectivity index (χ3n) is 3.35. The molecule has 1 rings (SSSR count). The summed E-state index contributed by atoms with van der Waals surface area (Å²) in [7, 11) is -3.89. The fraction of sp³-hybridized carbons (Fsp3) is 0.917. The standard InChI is InChI=1S/C12H23NO5S/c1-2-3-8-18-12(14)13-11-6-4-10(5-7-11)9-19(15,16)17/h10-11H,2-9H2,1H3,(H,13,14)(H,15,16,17). The molecule has 1 aliphatic rings. The monoisotopic (exact) mass is 293 g/mol. The average molecular weight is 293 g/mol. The summed E-state index contributed by atoms with van der Waals surface area (Å²) in [6.45, 7) is 2.46. The summed E-state index contributed by atoms with van der Waals surface area (Å²) in [6, 6.07) is 0.0479. The van der Waals surface area contributed by atoms with Gasteiger partial charge in [-0.3, -0.25) is 4.55 Å². The minimum absolute atomic E-state index is 0.0100. The van der Waals surface area contributed by atoms with Crippen molar-refractivity contribution in [1.29, 1.82) is 0 Å². The van der Waals surface area contributed by atoms with Crippen molar-refractivity contribution in [3.8, 4) is 0 Å². The lowest BCUT2D eigenvalue weighted by atomic mass is 9.87. The maximum Gasteiger partial charge on any atom is 0.407 e. The van der Waals surface area contributed by atoms with Gasteiger partial charge in [0.15, 0.2) is 0 Å². The Kier molecular flexibility index (Phi) is 6.57. The highest BCUT2D eigenvalue weighted by Crippen LogP contribution is 2.25. The third-order valence-corrected chi connectivity index (χ3v) is 4.24. The first-order chi connectivity index (χ1) is 8.90. The Morgan fingerprint density at radius 3 is 2.47 bits per heavy atom. The van der Waals surface area contributed by atoms with Crippen molar-refractivity contribution < 1.29 is 22.5 Å². The first kappa shape index (κ1) is 16.2. The average Bonchev–Trinajstić information content (AvgIpc) is 2.30. The number of hydrogen-bond acceptors (Lipinski definition) is 4. The third kappa shape index (κ3) is 7.37. The molecule has 0 saturated heterocycles. The second-order valence-electron chi connectivity index (χ2n) is 5.10. The van der Waals surface area contributed by atoms with Crippen LogP contribution in [-0.4, -0.2) is 37.5 Å². The quantitative estimate of drug-likeness (QED) is 0.577. The number of ether oxygens (including phenoxy) is 1. The number of carbonyl (C=O) groups excluding carboxylic acids is 1. The van der Waals surface area contributed by atoms with E-state index in [0.717, 1.165) is 25.7 Å². The van der Waals surface area contributed by atoms with Gasteiger partial charge < -0.3 is 10.1 Å². The fourth-order valence-electron chi connectivity index (χ4n) is 2.29. The van der Waals surface area contributed by atoms with Crippen molar-refractivity contribution in [3.05, 3.63) is 0 Å². The van der Waals surface area contributed by atoms with E-state index in [1.165, 1.54) is 0 Å². The molecule has 19 heavy (non-hydrogen) atoms. The van der Waals surface area contributed by atoms with Gasteiger partial charge in [0, 0.05) is 6.04 Å². The lowest BCUT2D eigenvalue weighted by Gasteiger charge is -2.28. The molecule has 0 spiro atoms. The van der Waals surface area contributed by atoms with Crippen LogP contribution in [-0.2, 0) is 14.9 Å². The van der Waals surface area contributed by atoms with Gasteiger partial charge in [0.2, 0.25) is 0 Å². The lowest BCUT2D eigenvalue weighted by Crippen LogP contribution is -2.38. The minimum atomic E-state index is -3.89. The molecule has 0 aromatic carbocycles. The van der Waals surface area contributed by atoms with Crippen LogP contribution in [0.25, 0.3) is 0 Å². The van der Waals surface area contributed by atoms with Crippen LogP contribution in [0.1, 0.15) is 45.4 Å². The molecular weight excluding hydrogens is 270 g/mol. The molecule has 6 nitrogen and oxygen atoms in total. The zero-order valence-electron chi connectivity index (χ0n) is 11.3. The predicted molar refractivity (Wildman–Crippen MR) is 71.6 cm³/mol. The van der Waals surface area contributed by atoms with E-state index in [0.29, 0.717) is 19.4 Å². The largest absolute Gasteiger partial charge is 0.450 e. The summed E-state index contributed by atoms with van der Waals surface area (Å²) >= 11 is 0. The molecule has 1 fully saturated rings. The number of rotatable bonds is 6. The van der Waals surface area contributed by atoms with Crippen LogP contribution in [0.3, 0.4) is 0 Å². The molecule has 7 heteroatoms. The van der Waals surface area contributed by atoms with Crippen molar-refractivity contribution in [2.45, 2.75) is 51.5 Å². The summed E-state index contributed by atoms with van der Waals surface area (Å²) in [5.74, 6) is -0.190. The molecule has 0 aliphatic heterocycles. The van der Waals surface area contributed by atoms with Crippen molar-refractivity contribution >= 4 is 16.2 Å². The Balaban J connectivity index is 2.21. The maximum atomic E-state index is 11.4. The maximum absolute atomic E-state index is 11.4. The van der Waals surface area contributed by atoms with Crippen LogP contribution in [0.5, 0.6) is 0 Å². The molecule has 0 radical (unpaired) electrons.